The van der Waals surface area contributed by atoms with Gasteiger partial charge in [0.2, 0.25) is 0 Å². The molecule has 0 aromatic heterocycles. The van der Waals surface area contributed by atoms with Crippen LogP contribution in [0, 0.1) is 0 Å². The highest BCUT2D eigenvalue weighted by Gasteiger charge is 2.28. The van der Waals surface area contributed by atoms with Crippen molar-refractivity contribution in [3.63, 3.8) is 0 Å². The van der Waals surface area contributed by atoms with Crippen LogP contribution in [0.25, 0.3) is 0 Å². The molecule has 2 unspecified atom stereocenters. The molecule has 8 nitrogen and oxygen atoms in total. The summed E-state index contributed by atoms with van der Waals surface area (Å²) in [6.07, 6.45) is -0.796. The molecule has 0 aromatic carbocycles. The number of nitrogens with one attached hydrogen (secondary N) is 1. The lowest BCUT2D eigenvalue weighted by Gasteiger charge is -2.29. The number of halogens is 2. The van der Waals surface area contributed by atoms with Crippen molar-refractivity contribution in [1.82, 2.24) is 10.2 Å². The quantitative estimate of drug-likeness (QED) is 0.390. The number of aliphatic hydroxyl groups excluding tert-OH is 1. The standard InChI is InChI=1S/C12H21NO3.C8H17NO3.C4H6Cl2/c1-9-6-13(10(2)8-15-7-9)11(14)16-12(3,4)5;1-6(5-10)9-7(11)12-8(2,3)4;1-4(2-5)3-6/h10H,1,6-8H2,2-5H3;6,10H,5H2,1-4H3,(H,9,11);1-3H2. The number of nitrogens with zero attached hydrogens (tertiary/aromatic N) is 1. The number of alkyl carbamates (subject to hydrolysis) is 1. The summed E-state index contributed by atoms with van der Waals surface area (Å²) in [5, 5.41) is 11.1. The van der Waals surface area contributed by atoms with Gasteiger partial charge in [0.25, 0.3) is 0 Å². The van der Waals surface area contributed by atoms with Gasteiger partial charge in [-0.05, 0) is 66.5 Å². The minimum atomic E-state index is -0.496. The molecule has 2 atom stereocenters. The molecule has 1 saturated heterocycles. The lowest BCUT2D eigenvalue weighted by Crippen LogP contribution is -2.43. The average Bonchev–Trinajstić information content (AvgIpc) is 2.85. The highest BCUT2D eigenvalue weighted by Crippen LogP contribution is 2.15. The van der Waals surface area contributed by atoms with Crippen LogP contribution in [0.2, 0.25) is 0 Å². The maximum Gasteiger partial charge on any atom is 0.410 e. The Hall–Kier alpha value is -1.48. The largest absolute Gasteiger partial charge is 0.444 e. The van der Waals surface area contributed by atoms with E-state index in [4.69, 9.17) is 42.5 Å². The molecule has 1 heterocycles. The number of carbonyl (C=O) groups excluding carboxylic acids is 2. The van der Waals surface area contributed by atoms with Gasteiger partial charge in [-0.15, -0.1) is 23.2 Å². The summed E-state index contributed by atoms with van der Waals surface area (Å²) < 4.78 is 15.7. The van der Waals surface area contributed by atoms with Gasteiger partial charge in [0.1, 0.15) is 11.2 Å². The van der Waals surface area contributed by atoms with Gasteiger partial charge in [0, 0.05) is 18.3 Å². The third kappa shape index (κ3) is 19.9. The second-order valence-corrected chi connectivity index (χ2v) is 10.5. The molecule has 200 valence electrons. The smallest absolute Gasteiger partial charge is 0.410 e. The van der Waals surface area contributed by atoms with E-state index in [9.17, 15) is 9.59 Å². The van der Waals surface area contributed by atoms with E-state index in [1.165, 1.54) is 0 Å². The Morgan fingerprint density at radius 2 is 1.68 bits per heavy atom. The number of amides is 2. The van der Waals surface area contributed by atoms with Gasteiger partial charge >= 0.3 is 12.2 Å². The molecule has 0 bridgehead atoms. The molecular weight excluding hydrogens is 483 g/mol. The first-order chi connectivity index (χ1) is 15.4. The SMILES string of the molecule is C=C(CCl)CCl.C=C1COCC(C)N(C(=O)OC(C)(C)C)C1.CC(CO)NC(=O)OC(C)(C)C. The van der Waals surface area contributed by atoms with Gasteiger partial charge in [-0.1, -0.05) is 13.2 Å². The lowest BCUT2D eigenvalue weighted by atomic mass is 10.2. The zero-order valence-electron chi connectivity index (χ0n) is 22.0. The number of aliphatic hydroxyl groups is 1. The van der Waals surface area contributed by atoms with Crippen LogP contribution in [-0.4, -0.2) is 83.6 Å². The van der Waals surface area contributed by atoms with Crippen molar-refractivity contribution in [3.05, 3.63) is 24.3 Å². The molecule has 1 aliphatic rings. The molecule has 2 amide bonds. The van der Waals surface area contributed by atoms with Crippen LogP contribution < -0.4 is 5.32 Å². The van der Waals surface area contributed by atoms with Gasteiger partial charge < -0.3 is 24.6 Å². The Morgan fingerprint density at radius 3 is 2.06 bits per heavy atom. The monoisotopic (exact) mass is 526 g/mol. The second-order valence-electron chi connectivity index (χ2n) is 9.97. The van der Waals surface area contributed by atoms with Crippen molar-refractivity contribution in [3.8, 4) is 0 Å². The predicted octanol–water partition coefficient (Wildman–Crippen LogP) is 5.11. The Bertz CT molecular complexity index is 638. The number of alkyl halides is 2. The van der Waals surface area contributed by atoms with Crippen LogP contribution in [0.4, 0.5) is 9.59 Å². The van der Waals surface area contributed by atoms with E-state index < -0.39 is 17.3 Å². The normalized spacial score (nSPS) is 17.1. The molecule has 1 rings (SSSR count). The molecule has 1 fully saturated rings. The summed E-state index contributed by atoms with van der Waals surface area (Å²) in [5.74, 6) is 0.951. The van der Waals surface area contributed by atoms with E-state index in [0.717, 1.165) is 11.1 Å². The topological polar surface area (TPSA) is 97.3 Å². The number of hydrogen-bond donors (Lipinski definition) is 2. The third-order valence-electron chi connectivity index (χ3n) is 3.63. The molecule has 0 radical (unpaired) electrons. The molecule has 0 aromatic rings. The van der Waals surface area contributed by atoms with Crippen molar-refractivity contribution in [2.45, 2.75) is 78.7 Å². The van der Waals surface area contributed by atoms with Crippen molar-refractivity contribution in [1.29, 1.82) is 0 Å². The van der Waals surface area contributed by atoms with E-state index in [1.54, 1.807) is 32.6 Å². The number of allylic oxidation sites excluding steroid dienone is 1. The average molecular weight is 528 g/mol. The molecule has 0 aliphatic carbocycles. The predicted molar refractivity (Wildman–Crippen MR) is 139 cm³/mol. The van der Waals surface area contributed by atoms with E-state index in [-0.39, 0.29) is 24.8 Å². The van der Waals surface area contributed by atoms with E-state index in [0.29, 0.717) is 31.5 Å². The highest BCUT2D eigenvalue weighted by molar-refractivity contribution is 6.23. The summed E-state index contributed by atoms with van der Waals surface area (Å²) in [5.41, 5.74) is 0.818. The van der Waals surface area contributed by atoms with Crippen LogP contribution in [0.5, 0.6) is 0 Å². The van der Waals surface area contributed by atoms with Crippen molar-refractivity contribution < 1.29 is 28.9 Å². The van der Waals surface area contributed by atoms with Gasteiger partial charge in [0.15, 0.2) is 0 Å². The van der Waals surface area contributed by atoms with E-state index in [2.05, 4.69) is 18.5 Å². The number of carbonyl (C=O) groups is 2. The van der Waals surface area contributed by atoms with Crippen molar-refractivity contribution in [2.24, 2.45) is 0 Å². The fraction of sp³-hybridized carbons (Fsp3) is 0.750. The Balaban J connectivity index is 0. The zero-order valence-corrected chi connectivity index (χ0v) is 23.5. The van der Waals surface area contributed by atoms with E-state index in [1.807, 2.05) is 27.7 Å². The Kier molecular flexibility index (Phi) is 17.4. The highest BCUT2D eigenvalue weighted by atomic mass is 35.5. The van der Waals surface area contributed by atoms with Crippen LogP contribution >= 0.6 is 23.2 Å². The van der Waals surface area contributed by atoms with Gasteiger partial charge in [-0.2, -0.15) is 0 Å². The Labute approximate surface area is 215 Å². The second kappa shape index (κ2) is 17.0. The summed E-state index contributed by atoms with van der Waals surface area (Å²) >= 11 is 10.5. The Morgan fingerprint density at radius 1 is 1.18 bits per heavy atom. The summed E-state index contributed by atoms with van der Waals surface area (Å²) in [7, 11) is 0. The molecule has 10 heteroatoms. The molecule has 1 aliphatic heterocycles. The zero-order chi connectivity index (χ0) is 27.1. The molecular formula is C24H44Cl2N2O6. The summed E-state index contributed by atoms with van der Waals surface area (Å²) in [4.78, 5) is 24.6. The molecule has 0 saturated carbocycles. The third-order valence-corrected chi connectivity index (χ3v) is 4.39. The minimum absolute atomic E-state index is 0.0223. The van der Waals surface area contributed by atoms with E-state index >= 15 is 0 Å². The molecule has 0 spiro atoms. The van der Waals surface area contributed by atoms with Crippen molar-refractivity contribution >= 4 is 35.4 Å². The fourth-order valence-corrected chi connectivity index (χ4v) is 2.35. The maximum absolute atomic E-state index is 11.9. The van der Waals surface area contributed by atoms with Crippen LogP contribution in [0.1, 0.15) is 55.4 Å². The van der Waals surface area contributed by atoms with Gasteiger partial charge in [-0.3, -0.25) is 4.90 Å². The van der Waals surface area contributed by atoms with Gasteiger partial charge in [-0.25, -0.2) is 9.59 Å². The first-order valence-corrected chi connectivity index (χ1v) is 12.2. The molecule has 2 N–H and O–H groups in total. The molecule has 34 heavy (non-hydrogen) atoms. The summed E-state index contributed by atoms with van der Waals surface area (Å²) in [6.45, 7) is 23.4. The fourth-order valence-electron chi connectivity index (χ4n) is 2.06. The van der Waals surface area contributed by atoms with Crippen molar-refractivity contribution in [2.75, 3.05) is 38.1 Å². The summed E-state index contributed by atoms with van der Waals surface area (Å²) in [6, 6.07) is -0.242. The maximum atomic E-state index is 11.9. The number of ether oxygens (including phenoxy) is 3. The number of rotatable bonds is 4. The first kappa shape index (κ1) is 34.7. The minimum Gasteiger partial charge on any atom is -0.444 e. The van der Waals surface area contributed by atoms with Gasteiger partial charge in [0.05, 0.1) is 31.9 Å². The first-order valence-electron chi connectivity index (χ1n) is 11.1. The lowest BCUT2D eigenvalue weighted by molar-refractivity contribution is 0.0149. The van der Waals surface area contributed by atoms with Crippen LogP contribution in [0.15, 0.2) is 24.3 Å². The van der Waals surface area contributed by atoms with Crippen LogP contribution in [0.3, 0.4) is 0 Å². The number of hydrogen-bond acceptors (Lipinski definition) is 6. The van der Waals surface area contributed by atoms with Crippen LogP contribution in [-0.2, 0) is 14.2 Å².